The van der Waals surface area contributed by atoms with Crippen molar-refractivity contribution in [3.63, 3.8) is 0 Å². The number of hydrogen-bond donors (Lipinski definition) is 1. The summed E-state index contributed by atoms with van der Waals surface area (Å²) < 4.78 is 0. The van der Waals surface area contributed by atoms with Crippen molar-refractivity contribution >= 4 is 0 Å². The Bertz CT molecular complexity index is 676. The van der Waals surface area contributed by atoms with Gasteiger partial charge in [0.15, 0.2) is 0 Å². The summed E-state index contributed by atoms with van der Waals surface area (Å²) in [6.07, 6.45) is 16.7. The summed E-state index contributed by atoms with van der Waals surface area (Å²) in [6.45, 7) is 16.6. The van der Waals surface area contributed by atoms with Crippen molar-refractivity contribution in [2.45, 2.75) is 111 Å². The molecule has 30 heavy (non-hydrogen) atoms. The number of rotatable bonds is 6. The van der Waals surface area contributed by atoms with Gasteiger partial charge in [0, 0.05) is 0 Å². The Morgan fingerprint density at radius 1 is 1.13 bits per heavy atom. The maximum atomic E-state index is 10.2. The van der Waals surface area contributed by atoms with Crippen LogP contribution in [0.5, 0.6) is 0 Å². The molecule has 170 valence electrons. The van der Waals surface area contributed by atoms with E-state index < -0.39 is 0 Å². The lowest BCUT2D eigenvalue weighted by atomic mass is 9.47. The molecule has 0 bridgehead atoms. The molecule has 0 saturated heterocycles. The molecule has 0 heterocycles. The molecular formula is C29H48O. The molecule has 3 fully saturated rings. The molecule has 0 radical (unpaired) electrons. The molecule has 9 atom stereocenters. The highest BCUT2D eigenvalue weighted by molar-refractivity contribution is 5.25. The molecule has 0 spiro atoms. The fraction of sp³-hybridized carbons (Fsp3) is 0.862. The fourth-order valence-corrected chi connectivity index (χ4v) is 9.08. The lowest BCUT2D eigenvalue weighted by molar-refractivity contribution is -0.0574. The average molecular weight is 413 g/mol. The van der Waals surface area contributed by atoms with E-state index in [-0.39, 0.29) is 6.10 Å². The maximum Gasteiger partial charge on any atom is 0.0577 e. The summed E-state index contributed by atoms with van der Waals surface area (Å²) in [6, 6.07) is 0. The van der Waals surface area contributed by atoms with Crippen molar-refractivity contribution in [2.24, 2.45) is 46.3 Å². The highest BCUT2D eigenvalue weighted by atomic mass is 16.3. The molecule has 0 aromatic rings. The van der Waals surface area contributed by atoms with E-state index in [1.165, 1.54) is 63.4 Å². The first-order valence-electron chi connectivity index (χ1n) is 13.2. The Labute approximate surface area is 186 Å². The second-order valence-electron chi connectivity index (χ2n) is 12.4. The SMILES string of the molecule is C=C(C)[C@@H](CC)CC[C@@H](C)[C@H]1CC[C@@H]2[C@@H]3CC=C4C[C@@H](O)CC[C@]4(C)[C@H]3CC[C@@]21C. The minimum absolute atomic E-state index is 0.0856. The van der Waals surface area contributed by atoms with Gasteiger partial charge in [-0.3, -0.25) is 0 Å². The topological polar surface area (TPSA) is 20.2 Å². The summed E-state index contributed by atoms with van der Waals surface area (Å²) in [5.41, 5.74) is 3.93. The van der Waals surface area contributed by atoms with E-state index in [2.05, 4.69) is 47.3 Å². The van der Waals surface area contributed by atoms with Gasteiger partial charge < -0.3 is 5.11 Å². The summed E-state index contributed by atoms with van der Waals surface area (Å²) in [7, 11) is 0. The van der Waals surface area contributed by atoms with Crippen LogP contribution in [0.25, 0.3) is 0 Å². The number of hydrogen-bond acceptors (Lipinski definition) is 1. The van der Waals surface area contributed by atoms with Gasteiger partial charge in [-0.1, -0.05) is 51.5 Å². The van der Waals surface area contributed by atoms with Gasteiger partial charge in [-0.2, -0.15) is 0 Å². The Balaban J connectivity index is 1.48. The van der Waals surface area contributed by atoms with Crippen LogP contribution in [0.15, 0.2) is 23.8 Å². The lowest BCUT2D eigenvalue weighted by Gasteiger charge is -2.58. The summed E-state index contributed by atoms with van der Waals surface area (Å²) >= 11 is 0. The average Bonchev–Trinajstić information content (AvgIpc) is 3.06. The van der Waals surface area contributed by atoms with Crippen molar-refractivity contribution in [3.8, 4) is 0 Å². The zero-order valence-electron chi connectivity index (χ0n) is 20.6. The van der Waals surface area contributed by atoms with E-state index in [1.807, 2.05) is 0 Å². The van der Waals surface area contributed by atoms with Crippen LogP contribution in [-0.4, -0.2) is 11.2 Å². The summed E-state index contributed by atoms with van der Waals surface area (Å²) in [5.74, 6) is 5.16. The molecule has 1 nitrogen and oxygen atoms in total. The molecule has 3 saturated carbocycles. The third-order valence-electron chi connectivity index (χ3n) is 11.0. The minimum Gasteiger partial charge on any atom is -0.393 e. The monoisotopic (exact) mass is 412 g/mol. The first kappa shape index (κ1) is 22.6. The second kappa shape index (κ2) is 8.42. The molecule has 4 aliphatic carbocycles. The molecule has 4 rings (SSSR count). The van der Waals surface area contributed by atoms with Crippen LogP contribution in [0, 0.1) is 46.3 Å². The van der Waals surface area contributed by atoms with Crippen LogP contribution < -0.4 is 0 Å². The van der Waals surface area contributed by atoms with Gasteiger partial charge in [-0.15, -0.1) is 0 Å². The molecule has 0 unspecified atom stereocenters. The van der Waals surface area contributed by atoms with Crippen molar-refractivity contribution in [1.29, 1.82) is 0 Å². The number of allylic oxidation sites excluding steroid dienone is 2. The van der Waals surface area contributed by atoms with Crippen LogP contribution >= 0.6 is 0 Å². The Morgan fingerprint density at radius 2 is 1.90 bits per heavy atom. The van der Waals surface area contributed by atoms with Crippen molar-refractivity contribution in [3.05, 3.63) is 23.8 Å². The Hall–Kier alpha value is -0.560. The van der Waals surface area contributed by atoms with Crippen LogP contribution in [0.1, 0.15) is 105 Å². The number of aliphatic hydroxyl groups is 1. The number of aliphatic hydroxyl groups excluding tert-OH is 1. The molecule has 1 heteroatoms. The zero-order valence-corrected chi connectivity index (χ0v) is 20.6. The standard InChI is InChI=1S/C29H48O/c1-7-21(19(2)3)9-8-20(4)25-12-13-26-24-11-10-22-18-23(30)14-16-28(22,5)27(24)15-17-29(25,26)6/h10,20-21,23-27,30H,2,7-9,11-18H2,1,3-6H3/t20-,21+,23+,24+,25-,26-,27+,28+,29-/m1/s1. The van der Waals surface area contributed by atoms with E-state index >= 15 is 0 Å². The van der Waals surface area contributed by atoms with Gasteiger partial charge in [-0.05, 0) is 124 Å². The fourth-order valence-electron chi connectivity index (χ4n) is 9.08. The van der Waals surface area contributed by atoms with E-state index in [0.29, 0.717) is 10.8 Å². The van der Waals surface area contributed by atoms with Crippen LogP contribution in [-0.2, 0) is 0 Å². The molecule has 1 N–H and O–H groups in total. The molecule has 0 aromatic carbocycles. The predicted octanol–water partition coefficient (Wildman–Crippen LogP) is 7.94. The highest BCUT2D eigenvalue weighted by Gasteiger charge is 2.59. The van der Waals surface area contributed by atoms with Crippen LogP contribution in [0.2, 0.25) is 0 Å². The van der Waals surface area contributed by atoms with E-state index in [9.17, 15) is 5.11 Å². The third kappa shape index (κ3) is 3.66. The zero-order chi connectivity index (χ0) is 21.7. The molecular weight excluding hydrogens is 364 g/mol. The van der Waals surface area contributed by atoms with Gasteiger partial charge >= 0.3 is 0 Å². The Kier molecular flexibility index (Phi) is 6.35. The molecule has 0 amide bonds. The number of fused-ring (bicyclic) bond motifs is 5. The van der Waals surface area contributed by atoms with E-state index in [4.69, 9.17) is 0 Å². The smallest absolute Gasteiger partial charge is 0.0577 e. The van der Waals surface area contributed by atoms with Gasteiger partial charge in [-0.25, -0.2) is 0 Å². The van der Waals surface area contributed by atoms with Gasteiger partial charge in [0.2, 0.25) is 0 Å². The summed E-state index contributed by atoms with van der Waals surface area (Å²) in [4.78, 5) is 0. The second-order valence-corrected chi connectivity index (χ2v) is 12.4. The normalized spacial score (nSPS) is 45.0. The van der Waals surface area contributed by atoms with Gasteiger partial charge in [0.05, 0.1) is 6.10 Å². The van der Waals surface area contributed by atoms with Crippen LogP contribution in [0.4, 0.5) is 0 Å². The molecule has 0 aliphatic heterocycles. The first-order chi connectivity index (χ1) is 14.2. The van der Waals surface area contributed by atoms with Crippen molar-refractivity contribution < 1.29 is 5.11 Å². The van der Waals surface area contributed by atoms with Crippen molar-refractivity contribution in [1.82, 2.24) is 0 Å². The summed E-state index contributed by atoms with van der Waals surface area (Å²) in [5, 5.41) is 10.2. The van der Waals surface area contributed by atoms with Crippen LogP contribution in [0.3, 0.4) is 0 Å². The lowest BCUT2D eigenvalue weighted by Crippen LogP contribution is -2.50. The first-order valence-corrected chi connectivity index (χ1v) is 13.2. The third-order valence-corrected chi connectivity index (χ3v) is 11.0. The largest absolute Gasteiger partial charge is 0.393 e. The highest BCUT2D eigenvalue weighted by Crippen LogP contribution is 2.67. The predicted molar refractivity (Wildman–Crippen MR) is 128 cm³/mol. The van der Waals surface area contributed by atoms with E-state index in [1.54, 1.807) is 5.57 Å². The maximum absolute atomic E-state index is 10.2. The van der Waals surface area contributed by atoms with E-state index in [0.717, 1.165) is 48.3 Å². The Morgan fingerprint density at radius 3 is 2.60 bits per heavy atom. The molecule has 4 aliphatic rings. The van der Waals surface area contributed by atoms with Gasteiger partial charge in [0.25, 0.3) is 0 Å². The quantitative estimate of drug-likeness (QED) is 0.439. The minimum atomic E-state index is -0.0856. The van der Waals surface area contributed by atoms with Gasteiger partial charge in [0.1, 0.15) is 0 Å². The molecule has 0 aromatic heterocycles. The van der Waals surface area contributed by atoms with Crippen molar-refractivity contribution in [2.75, 3.05) is 0 Å².